The summed E-state index contributed by atoms with van der Waals surface area (Å²) in [6, 6.07) is 0. The Labute approximate surface area is 78.6 Å². The van der Waals surface area contributed by atoms with Gasteiger partial charge < -0.3 is 5.11 Å². The van der Waals surface area contributed by atoms with Crippen molar-refractivity contribution in [3.05, 3.63) is 0 Å². The van der Waals surface area contributed by atoms with Crippen molar-refractivity contribution >= 4 is 10.0 Å². The van der Waals surface area contributed by atoms with Crippen LogP contribution in [0.5, 0.6) is 0 Å². The zero-order valence-electron chi connectivity index (χ0n) is 7.52. The van der Waals surface area contributed by atoms with Gasteiger partial charge in [-0.2, -0.15) is 4.31 Å². The standard InChI is InChI=1S/C8H15NO3S/c10-8(7-2-3-7)6-9-4-1-5-13(9,11)12/h7-8,10H,1-6H2. The Morgan fingerprint density at radius 1 is 1.46 bits per heavy atom. The SMILES string of the molecule is O=S1(=O)CCCN1CC(O)C1CC1. The van der Waals surface area contributed by atoms with E-state index in [2.05, 4.69) is 0 Å². The lowest BCUT2D eigenvalue weighted by Crippen LogP contribution is -2.34. The zero-order chi connectivity index (χ0) is 9.47. The summed E-state index contributed by atoms with van der Waals surface area (Å²) in [6.07, 6.45) is 2.37. The second-order valence-electron chi connectivity index (χ2n) is 3.93. The van der Waals surface area contributed by atoms with Gasteiger partial charge >= 0.3 is 0 Å². The van der Waals surface area contributed by atoms with Gasteiger partial charge in [-0.1, -0.05) is 0 Å². The highest BCUT2D eigenvalue weighted by atomic mass is 32.2. The summed E-state index contributed by atoms with van der Waals surface area (Å²) in [4.78, 5) is 0. The minimum atomic E-state index is -3.01. The van der Waals surface area contributed by atoms with Crippen LogP contribution < -0.4 is 0 Å². The number of aliphatic hydroxyl groups excluding tert-OH is 1. The molecule has 4 nitrogen and oxygen atoms in total. The molecular weight excluding hydrogens is 190 g/mol. The molecule has 0 spiro atoms. The fraction of sp³-hybridized carbons (Fsp3) is 1.00. The molecule has 1 saturated carbocycles. The number of aliphatic hydroxyl groups is 1. The molecule has 13 heavy (non-hydrogen) atoms. The summed E-state index contributed by atoms with van der Waals surface area (Å²) in [5.74, 6) is 0.612. The predicted molar refractivity (Wildman–Crippen MR) is 48.7 cm³/mol. The van der Waals surface area contributed by atoms with Gasteiger partial charge in [0.05, 0.1) is 11.9 Å². The van der Waals surface area contributed by atoms with Crippen molar-refractivity contribution in [2.24, 2.45) is 5.92 Å². The van der Waals surface area contributed by atoms with Crippen LogP contribution in [-0.4, -0.2) is 42.8 Å². The third-order valence-corrected chi connectivity index (χ3v) is 4.68. The largest absolute Gasteiger partial charge is 0.391 e. The van der Waals surface area contributed by atoms with E-state index in [-0.39, 0.29) is 5.75 Å². The van der Waals surface area contributed by atoms with Crippen LogP contribution in [0.15, 0.2) is 0 Å². The van der Waals surface area contributed by atoms with Crippen LogP contribution in [0.1, 0.15) is 19.3 Å². The van der Waals surface area contributed by atoms with Gasteiger partial charge in [-0.3, -0.25) is 0 Å². The summed E-state index contributed by atoms with van der Waals surface area (Å²) >= 11 is 0. The molecule has 76 valence electrons. The lowest BCUT2D eigenvalue weighted by atomic mass is 10.2. The summed E-state index contributed by atoms with van der Waals surface area (Å²) < 4.78 is 24.1. The van der Waals surface area contributed by atoms with E-state index in [1.54, 1.807) is 0 Å². The Bertz CT molecular complexity index is 284. The first-order valence-electron chi connectivity index (χ1n) is 4.75. The molecule has 2 aliphatic rings. The van der Waals surface area contributed by atoms with Crippen molar-refractivity contribution in [1.29, 1.82) is 0 Å². The van der Waals surface area contributed by atoms with Crippen molar-refractivity contribution < 1.29 is 13.5 Å². The summed E-state index contributed by atoms with van der Waals surface area (Å²) in [7, 11) is -3.01. The van der Waals surface area contributed by atoms with Crippen LogP contribution in [0.3, 0.4) is 0 Å². The van der Waals surface area contributed by atoms with E-state index in [4.69, 9.17) is 0 Å². The summed E-state index contributed by atoms with van der Waals surface area (Å²) in [5.41, 5.74) is 0. The fourth-order valence-corrected chi connectivity index (χ4v) is 3.27. The van der Waals surface area contributed by atoms with Crippen molar-refractivity contribution in [1.82, 2.24) is 4.31 Å². The first-order chi connectivity index (χ1) is 6.09. The highest BCUT2D eigenvalue weighted by Gasteiger charge is 2.35. The van der Waals surface area contributed by atoms with E-state index < -0.39 is 16.1 Å². The Morgan fingerprint density at radius 2 is 2.15 bits per heavy atom. The van der Waals surface area contributed by atoms with E-state index in [0.717, 1.165) is 12.8 Å². The van der Waals surface area contributed by atoms with Gasteiger partial charge in [0, 0.05) is 13.1 Å². The van der Waals surface area contributed by atoms with Crippen LogP contribution in [0.25, 0.3) is 0 Å². The maximum Gasteiger partial charge on any atom is 0.214 e. The lowest BCUT2D eigenvalue weighted by molar-refractivity contribution is 0.127. The quantitative estimate of drug-likeness (QED) is 0.693. The molecule has 2 rings (SSSR count). The molecule has 1 unspecified atom stereocenters. The molecule has 1 heterocycles. The topological polar surface area (TPSA) is 57.6 Å². The second-order valence-corrected chi connectivity index (χ2v) is 6.02. The smallest absolute Gasteiger partial charge is 0.214 e. The van der Waals surface area contributed by atoms with Crippen LogP contribution in [0.4, 0.5) is 0 Å². The molecule has 0 aromatic heterocycles. The normalized spacial score (nSPS) is 30.5. The van der Waals surface area contributed by atoms with Crippen molar-refractivity contribution in [2.75, 3.05) is 18.8 Å². The monoisotopic (exact) mass is 205 g/mol. The van der Waals surface area contributed by atoms with Gasteiger partial charge in [-0.15, -0.1) is 0 Å². The van der Waals surface area contributed by atoms with Gasteiger partial charge in [0.15, 0.2) is 0 Å². The molecule has 0 radical (unpaired) electrons. The Balaban J connectivity index is 1.93. The molecule has 1 saturated heterocycles. The third kappa shape index (κ3) is 2.03. The van der Waals surface area contributed by atoms with Crippen molar-refractivity contribution in [3.63, 3.8) is 0 Å². The number of rotatable bonds is 3. The maximum absolute atomic E-state index is 11.4. The van der Waals surface area contributed by atoms with E-state index >= 15 is 0 Å². The number of β-amino-alcohol motifs (C(OH)–C–C–N with tert-alkyl or cyclic N) is 1. The molecule has 0 bridgehead atoms. The molecule has 2 fully saturated rings. The maximum atomic E-state index is 11.4. The zero-order valence-corrected chi connectivity index (χ0v) is 8.33. The molecular formula is C8H15NO3S. The first-order valence-corrected chi connectivity index (χ1v) is 6.36. The van der Waals surface area contributed by atoms with Crippen LogP contribution in [-0.2, 0) is 10.0 Å². The Kier molecular flexibility index (Phi) is 2.33. The predicted octanol–water partition coefficient (Wildman–Crippen LogP) is -0.207. The molecule has 1 aliphatic carbocycles. The molecule has 5 heteroatoms. The van der Waals surface area contributed by atoms with Gasteiger partial charge in [0.2, 0.25) is 10.0 Å². The van der Waals surface area contributed by atoms with E-state index in [1.165, 1.54) is 4.31 Å². The van der Waals surface area contributed by atoms with Crippen LogP contribution in [0, 0.1) is 5.92 Å². The number of hydrogen-bond donors (Lipinski definition) is 1. The van der Waals surface area contributed by atoms with Crippen LogP contribution in [0.2, 0.25) is 0 Å². The minimum Gasteiger partial charge on any atom is -0.391 e. The number of sulfonamides is 1. The molecule has 0 aromatic rings. The second kappa shape index (κ2) is 3.22. The van der Waals surface area contributed by atoms with Gasteiger partial charge in [-0.25, -0.2) is 8.42 Å². The van der Waals surface area contributed by atoms with E-state index in [9.17, 15) is 13.5 Å². The highest BCUT2D eigenvalue weighted by Crippen LogP contribution is 2.33. The molecule has 1 aliphatic heterocycles. The van der Waals surface area contributed by atoms with Gasteiger partial charge in [0.1, 0.15) is 0 Å². The van der Waals surface area contributed by atoms with Crippen LogP contribution >= 0.6 is 0 Å². The summed E-state index contributed by atoms with van der Waals surface area (Å²) in [6.45, 7) is 0.902. The number of nitrogens with zero attached hydrogens (tertiary/aromatic N) is 1. The first kappa shape index (κ1) is 9.43. The molecule has 0 amide bonds. The molecule has 1 N–H and O–H groups in total. The third-order valence-electron chi connectivity index (χ3n) is 2.76. The Morgan fingerprint density at radius 3 is 2.62 bits per heavy atom. The Hall–Kier alpha value is -0.130. The van der Waals surface area contributed by atoms with E-state index in [1.807, 2.05) is 0 Å². The molecule has 0 aromatic carbocycles. The highest BCUT2D eigenvalue weighted by molar-refractivity contribution is 7.89. The lowest BCUT2D eigenvalue weighted by Gasteiger charge is -2.17. The minimum absolute atomic E-state index is 0.254. The fourth-order valence-electron chi connectivity index (χ4n) is 1.74. The van der Waals surface area contributed by atoms with Crippen molar-refractivity contribution in [3.8, 4) is 0 Å². The molecule has 1 atom stereocenters. The van der Waals surface area contributed by atoms with Gasteiger partial charge in [-0.05, 0) is 25.2 Å². The average molecular weight is 205 g/mol. The average Bonchev–Trinajstić information content (AvgIpc) is 2.80. The number of hydrogen-bond acceptors (Lipinski definition) is 3. The van der Waals surface area contributed by atoms with Gasteiger partial charge in [0.25, 0.3) is 0 Å². The summed E-state index contributed by atoms with van der Waals surface area (Å²) in [5, 5.41) is 9.58. The van der Waals surface area contributed by atoms with Crippen molar-refractivity contribution in [2.45, 2.75) is 25.4 Å². The van der Waals surface area contributed by atoms with E-state index in [0.29, 0.717) is 25.4 Å².